The molecule has 1 aliphatic carbocycles. The van der Waals surface area contributed by atoms with Crippen molar-refractivity contribution in [2.75, 3.05) is 18.6 Å². The second-order valence-electron chi connectivity index (χ2n) is 6.08. The lowest BCUT2D eigenvalue weighted by molar-refractivity contribution is 0.200. The van der Waals surface area contributed by atoms with Crippen molar-refractivity contribution in [1.82, 2.24) is 0 Å². The number of methoxy groups -OCH3 is 1. The van der Waals surface area contributed by atoms with Crippen LogP contribution in [0.4, 0.5) is 0 Å². The summed E-state index contributed by atoms with van der Waals surface area (Å²) in [6.07, 6.45) is 7.31. The zero-order chi connectivity index (χ0) is 14.7. The van der Waals surface area contributed by atoms with Crippen LogP contribution < -0.4 is 9.47 Å². The fourth-order valence-electron chi connectivity index (χ4n) is 3.37. The average Bonchev–Trinajstić information content (AvgIpc) is 3.00. The summed E-state index contributed by atoms with van der Waals surface area (Å²) in [6, 6.07) is 6.22. The Bertz CT molecular complexity index is 471. The minimum absolute atomic E-state index is 0.328. The van der Waals surface area contributed by atoms with E-state index in [1.54, 1.807) is 7.11 Å². The fraction of sp³-hybridized carbons (Fsp3) is 0.647. The molecule has 0 spiro atoms. The molecule has 1 aromatic carbocycles. The summed E-state index contributed by atoms with van der Waals surface area (Å²) in [5, 5.41) is 0. The minimum Gasteiger partial charge on any atom is -0.616 e. The normalized spacial score (nSPS) is 26.8. The van der Waals surface area contributed by atoms with Gasteiger partial charge in [-0.25, -0.2) is 0 Å². The molecule has 2 fully saturated rings. The summed E-state index contributed by atoms with van der Waals surface area (Å²) >= 11 is -0.661. The van der Waals surface area contributed by atoms with Crippen molar-refractivity contribution in [3.8, 4) is 11.5 Å². The standard InChI is InChI=1S/C17H24O3S/c1-19-16-9-8-13(14-5-4-10-21(18)12-14)11-17(16)20-15-6-2-3-7-15/h8-9,11,14-15H,2-7,10,12H2,1H3. The lowest BCUT2D eigenvalue weighted by Gasteiger charge is -2.25. The van der Waals surface area contributed by atoms with E-state index in [1.807, 2.05) is 6.07 Å². The van der Waals surface area contributed by atoms with Crippen LogP contribution in [0.1, 0.15) is 50.0 Å². The number of benzene rings is 1. The van der Waals surface area contributed by atoms with Gasteiger partial charge in [0.2, 0.25) is 0 Å². The van der Waals surface area contributed by atoms with Crippen LogP contribution in [-0.4, -0.2) is 29.3 Å². The van der Waals surface area contributed by atoms with E-state index < -0.39 is 11.2 Å². The van der Waals surface area contributed by atoms with Crippen molar-refractivity contribution in [3.05, 3.63) is 23.8 Å². The van der Waals surface area contributed by atoms with Gasteiger partial charge in [-0.05, 0) is 56.2 Å². The maximum absolute atomic E-state index is 11.8. The molecule has 0 aromatic heterocycles. The Kier molecular flexibility index (Phi) is 4.96. The SMILES string of the molecule is COc1ccc(C2CCC[S+]([O-])C2)cc1OC1CCCC1. The van der Waals surface area contributed by atoms with E-state index in [2.05, 4.69) is 12.1 Å². The smallest absolute Gasteiger partial charge is 0.161 e. The Labute approximate surface area is 130 Å². The molecule has 4 heteroatoms. The highest BCUT2D eigenvalue weighted by atomic mass is 32.2. The molecule has 2 aliphatic rings. The van der Waals surface area contributed by atoms with Crippen LogP contribution >= 0.6 is 0 Å². The summed E-state index contributed by atoms with van der Waals surface area (Å²) in [7, 11) is 1.69. The molecule has 1 saturated carbocycles. The van der Waals surface area contributed by atoms with Crippen molar-refractivity contribution >= 4 is 11.2 Å². The summed E-state index contributed by atoms with van der Waals surface area (Å²) in [5.41, 5.74) is 1.25. The van der Waals surface area contributed by atoms with Gasteiger partial charge < -0.3 is 14.0 Å². The molecule has 3 nitrogen and oxygen atoms in total. The predicted molar refractivity (Wildman–Crippen MR) is 85.7 cm³/mol. The van der Waals surface area contributed by atoms with Crippen molar-refractivity contribution < 1.29 is 14.0 Å². The zero-order valence-electron chi connectivity index (χ0n) is 12.7. The third-order valence-electron chi connectivity index (χ3n) is 4.57. The van der Waals surface area contributed by atoms with Gasteiger partial charge in [-0.3, -0.25) is 0 Å². The Balaban J connectivity index is 1.78. The molecule has 1 saturated heterocycles. The van der Waals surface area contributed by atoms with Crippen LogP contribution in [0.15, 0.2) is 18.2 Å². The largest absolute Gasteiger partial charge is 0.616 e. The molecular weight excluding hydrogens is 284 g/mol. The first-order valence-corrected chi connectivity index (χ1v) is 9.44. The van der Waals surface area contributed by atoms with Crippen LogP contribution in [0.3, 0.4) is 0 Å². The molecule has 0 N–H and O–H groups in total. The summed E-state index contributed by atoms with van der Waals surface area (Å²) in [6.45, 7) is 0. The van der Waals surface area contributed by atoms with Crippen molar-refractivity contribution in [2.45, 2.75) is 50.5 Å². The van der Waals surface area contributed by atoms with Gasteiger partial charge in [-0.1, -0.05) is 17.2 Å². The highest BCUT2D eigenvalue weighted by Crippen LogP contribution is 2.36. The van der Waals surface area contributed by atoms with Crippen LogP contribution in [0, 0.1) is 0 Å². The Hall–Kier alpha value is -0.870. The van der Waals surface area contributed by atoms with Gasteiger partial charge in [0.25, 0.3) is 0 Å². The lowest BCUT2D eigenvalue weighted by Crippen LogP contribution is -2.23. The van der Waals surface area contributed by atoms with Gasteiger partial charge in [0.05, 0.1) is 13.2 Å². The summed E-state index contributed by atoms with van der Waals surface area (Å²) in [5.74, 6) is 3.71. The van der Waals surface area contributed by atoms with Gasteiger partial charge in [-0.15, -0.1) is 0 Å². The number of hydrogen-bond acceptors (Lipinski definition) is 3. The van der Waals surface area contributed by atoms with Crippen molar-refractivity contribution in [1.29, 1.82) is 0 Å². The van der Waals surface area contributed by atoms with Gasteiger partial charge in [0.1, 0.15) is 11.5 Å². The van der Waals surface area contributed by atoms with E-state index >= 15 is 0 Å². The first-order valence-electron chi connectivity index (χ1n) is 7.96. The van der Waals surface area contributed by atoms with Gasteiger partial charge >= 0.3 is 0 Å². The van der Waals surface area contributed by atoms with E-state index in [1.165, 1.54) is 18.4 Å². The molecular formula is C17H24O3S. The molecule has 0 bridgehead atoms. The summed E-state index contributed by atoms with van der Waals surface area (Å²) < 4.78 is 23.4. The maximum atomic E-state index is 11.8. The molecule has 2 unspecified atom stereocenters. The quantitative estimate of drug-likeness (QED) is 0.797. The topological polar surface area (TPSA) is 41.5 Å². The first-order chi connectivity index (χ1) is 10.3. The van der Waals surface area contributed by atoms with Crippen molar-refractivity contribution in [3.63, 3.8) is 0 Å². The predicted octanol–water partition coefficient (Wildman–Crippen LogP) is 3.64. The molecule has 1 aromatic rings. The Morgan fingerprint density at radius 1 is 1.10 bits per heavy atom. The molecule has 3 rings (SSSR count). The van der Waals surface area contributed by atoms with Crippen LogP contribution in [0.25, 0.3) is 0 Å². The van der Waals surface area contributed by atoms with E-state index in [0.717, 1.165) is 48.7 Å². The molecule has 1 aliphatic heterocycles. The highest BCUT2D eigenvalue weighted by molar-refractivity contribution is 7.91. The van der Waals surface area contributed by atoms with E-state index in [0.29, 0.717) is 12.0 Å². The van der Waals surface area contributed by atoms with E-state index in [-0.39, 0.29) is 0 Å². The van der Waals surface area contributed by atoms with Gasteiger partial charge in [-0.2, -0.15) is 0 Å². The first kappa shape index (κ1) is 15.0. The fourth-order valence-corrected chi connectivity index (χ4v) is 4.83. The van der Waals surface area contributed by atoms with Crippen LogP contribution in [0.5, 0.6) is 11.5 Å². The van der Waals surface area contributed by atoms with Crippen LogP contribution in [-0.2, 0) is 11.2 Å². The molecule has 0 amide bonds. The van der Waals surface area contributed by atoms with Gasteiger partial charge in [0, 0.05) is 5.92 Å². The number of hydrogen-bond donors (Lipinski definition) is 0. The van der Waals surface area contributed by atoms with Crippen molar-refractivity contribution in [2.24, 2.45) is 0 Å². The minimum atomic E-state index is -0.661. The maximum Gasteiger partial charge on any atom is 0.161 e. The monoisotopic (exact) mass is 308 g/mol. The summed E-state index contributed by atoms with van der Waals surface area (Å²) in [4.78, 5) is 0. The highest BCUT2D eigenvalue weighted by Gasteiger charge is 2.26. The lowest BCUT2D eigenvalue weighted by atomic mass is 9.95. The number of rotatable bonds is 4. The molecule has 116 valence electrons. The molecule has 0 radical (unpaired) electrons. The Morgan fingerprint density at radius 3 is 2.62 bits per heavy atom. The average molecular weight is 308 g/mol. The molecule has 2 atom stereocenters. The third-order valence-corrected chi connectivity index (χ3v) is 6.08. The molecule has 21 heavy (non-hydrogen) atoms. The van der Waals surface area contributed by atoms with E-state index in [9.17, 15) is 4.55 Å². The number of ether oxygens (including phenoxy) is 2. The van der Waals surface area contributed by atoms with Gasteiger partial charge in [0.15, 0.2) is 11.5 Å². The zero-order valence-corrected chi connectivity index (χ0v) is 13.5. The second kappa shape index (κ2) is 6.93. The van der Waals surface area contributed by atoms with Crippen LogP contribution in [0.2, 0.25) is 0 Å². The van der Waals surface area contributed by atoms with E-state index in [4.69, 9.17) is 9.47 Å². The molecule has 1 heterocycles. The second-order valence-corrected chi connectivity index (χ2v) is 7.71. The third kappa shape index (κ3) is 3.67. The Morgan fingerprint density at radius 2 is 1.90 bits per heavy atom.